The van der Waals surface area contributed by atoms with E-state index < -0.39 is 39.3 Å². The van der Waals surface area contributed by atoms with Crippen molar-refractivity contribution in [2.75, 3.05) is 0 Å². The van der Waals surface area contributed by atoms with Gasteiger partial charge in [0.15, 0.2) is 6.08 Å². The van der Waals surface area contributed by atoms with Gasteiger partial charge in [0.2, 0.25) is 17.4 Å². The smallest absolute Gasteiger partial charge is 0.313 e. The molecule has 1 aliphatic rings. The number of Topliss-reactive ketones (excluding diaryl/α,β-unsaturated/α-hetero) is 1. The third kappa shape index (κ3) is 4.12. The number of benzene rings is 2. The molecule has 26 heavy (non-hydrogen) atoms. The summed E-state index contributed by atoms with van der Waals surface area (Å²) >= 11 is 11.8. The van der Waals surface area contributed by atoms with Crippen molar-refractivity contribution in [3.05, 3.63) is 81.3 Å². The molecule has 0 amide bonds. The van der Waals surface area contributed by atoms with Gasteiger partial charge in [-0.15, -0.1) is 0 Å². The molecule has 2 aromatic rings. The molecule has 1 aliphatic heterocycles. The Morgan fingerprint density at radius 1 is 1.19 bits per heavy atom. The molecule has 2 aromatic carbocycles. The van der Waals surface area contributed by atoms with Crippen LogP contribution in [0.25, 0.3) is 0 Å². The van der Waals surface area contributed by atoms with Gasteiger partial charge in [-0.3, -0.25) is 4.79 Å². The zero-order valence-corrected chi connectivity index (χ0v) is 15.2. The van der Waals surface area contributed by atoms with Gasteiger partial charge in [0, 0.05) is 15.6 Å². The maximum Gasteiger partial charge on any atom is 0.313 e. The summed E-state index contributed by atoms with van der Waals surface area (Å²) in [6.07, 6.45) is -2.50. The lowest BCUT2D eigenvalue weighted by Crippen LogP contribution is -2.16. The number of ketones is 1. The van der Waals surface area contributed by atoms with Crippen LogP contribution < -0.4 is 5.73 Å². The van der Waals surface area contributed by atoms with E-state index in [4.69, 9.17) is 42.0 Å². The first-order valence-corrected chi connectivity index (χ1v) is 9.24. The Morgan fingerprint density at radius 2 is 1.81 bits per heavy atom. The van der Waals surface area contributed by atoms with Crippen molar-refractivity contribution >= 4 is 39.1 Å². The quantitative estimate of drug-likeness (QED) is 0.750. The van der Waals surface area contributed by atoms with Crippen LogP contribution in [-0.2, 0) is 29.5 Å². The lowest BCUT2D eigenvalue weighted by molar-refractivity contribution is -0.123. The van der Waals surface area contributed by atoms with Crippen LogP contribution in [-0.4, -0.2) is 14.2 Å². The van der Waals surface area contributed by atoms with Gasteiger partial charge in [0.05, 0.1) is 4.11 Å². The SMILES string of the molecule is [2H]C1(c2cc(Cl)cc(Cl)c2)OC(N)=C(OS(=O)(=O)C([2H])([2H])c2ccccc2)C1=O. The van der Waals surface area contributed by atoms with Crippen LogP contribution in [0, 0.1) is 0 Å². The number of halogens is 2. The first-order chi connectivity index (χ1) is 13.4. The fraction of sp³-hybridized carbons (Fsp3) is 0.118. The van der Waals surface area contributed by atoms with Gasteiger partial charge >= 0.3 is 10.1 Å². The van der Waals surface area contributed by atoms with Crippen molar-refractivity contribution in [3.63, 3.8) is 0 Å². The van der Waals surface area contributed by atoms with Crippen molar-refractivity contribution in [2.45, 2.75) is 11.8 Å². The molecular formula is C17H13Cl2NO5S. The van der Waals surface area contributed by atoms with E-state index in [1.165, 1.54) is 42.5 Å². The number of carbonyl (C=O) groups excluding carboxylic acids is 1. The van der Waals surface area contributed by atoms with E-state index in [1.807, 2.05) is 0 Å². The molecule has 0 bridgehead atoms. The van der Waals surface area contributed by atoms with Crippen molar-refractivity contribution in [3.8, 4) is 0 Å². The number of hydrogen-bond donors (Lipinski definition) is 1. The van der Waals surface area contributed by atoms with Crippen LogP contribution in [0.5, 0.6) is 0 Å². The zero-order valence-electron chi connectivity index (χ0n) is 15.9. The molecule has 6 nitrogen and oxygen atoms in total. The van der Waals surface area contributed by atoms with Crippen LogP contribution in [0.3, 0.4) is 0 Å². The third-order valence-corrected chi connectivity index (χ3v) is 4.49. The maximum atomic E-state index is 12.8. The molecule has 9 heteroatoms. The van der Waals surface area contributed by atoms with E-state index in [0.717, 1.165) is 0 Å². The van der Waals surface area contributed by atoms with Gasteiger partial charge in [-0.25, -0.2) is 0 Å². The molecule has 0 saturated heterocycles. The summed E-state index contributed by atoms with van der Waals surface area (Å²) < 4.78 is 59.1. The van der Waals surface area contributed by atoms with Gasteiger partial charge in [-0.1, -0.05) is 53.5 Å². The molecule has 136 valence electrons. The van der Waals surface area contributed by atoms with Crippen molar-refractivity contribution in [1.82, 2.24) is 0 Å². The van der Waals surface area contributed by atoms with Crippen molar-refractivity contribution in [2.24, 2.45) is 5.73 Å². The summed E-state index contributed by atoms with van der Waals surface area (Å²) in [6.45, 7) is 0. The Bertz CT molecular complexity index is 1100. The second kappa shape index (κ2) is 7.19. The number of ether oxygens (including phenoxy) is 1. The van der Waals surface area contributed by atoms with Gasteiger partial charge in [0.25, 0.3) is 0 Å². The summed E-state index contributed by atoms with van der Waals surface area (Å²) in [5.41, 5.74) is 2.26. The summed E-state index contributed by atoms with van der Waals surface area (Å²) in [7, 11) is -5.05. The van der Waals surface area contributed by atoms with Crippen LogP contribution in [0.1, 0.15) is 21.3 Å². The lowest BCUT2D eigenvalue weighted by Gasteiger charge is -2.11. The highest BCUT2D eigenvalue weighted by Crippen LogP contribution is 2.35. The molecule has 0 spiro atoms. The second-order valence-electron chi connectivity index (χ2n) is 5.12. The van der Waals surface area contributed by atoms with E-state index >= 15 is 0 Å². The Morgan fingerprint density at radius 3 is 2.42 bits per heavy atom. The minimum absolute atomic E-state index is 0.106. The zero-order chi connectivity index (χ0) is 21.6. The van der Waals surface area contributed by atoms with Crippen LogP contribution >= 0.6 is 23.2 Å². The lowest BCUT2D eigenvalue weighted by atomic mass is 10.1. The fourth-order valence-corrected chi connectivity index (χ4v) is 3.52. The molecule has 0 saturated carbocycles. The maximum absolute atomic E-state index is 12.8. The van der Waals surface area contributed by atoms with E-state index in [9.17, 15) is 13.2 Å². The summed E-state index contributed by atoms with van der Waals surface area (Å²) in [5, 5.41) is 0.216. The summed E-state index contributed by atoms with van der Waals surface area (Å²) in [6, 6.07) is 10.8. The first-order valence-electron chi connectivity index (χ1n) is 8.58. The molecule has 1 atom stereocenters. The molecule has 2 N–H and O–H groups in total. The van der Waals surface area contributed by atoms with Crippen LogP contribution in [0.2, 0.25) is 10.0 Å². The van der Waals surface area contributed by atoms with Gasteiger partial charge in [0.1, 0.15) is 5.70 Å². The molecule has 3 rings (SSSR count). The molecule has 1 unspecified atom stereocenters. The topological polar surface area (TPSA) is 95.7 Å². The van der Waals surface area contributed by atoms with E-state index in [1.54, 1.807) is 6.07 Å². The predicted molar refractivity (Wildman–Crippen MR) is 96.7 cm³/mol. The Labute approximate surface area is 164 Å². The number of carbonyl (C=O) groups is 1. The number of hydrogen-bond acceptors (Lipinski definition) is 6. The van der Waals surface area contributed by atoms with Crippen LogP contribution in [0.4, 0.5) is 0 Å². The average Bonchev–Trinajstić information content (AvgIpc) is 2.85. The van der Waals surface area contributed by atoms with Gasteiger partial charge in [-0.05, 0) is 23.8 Å². The Hall–Kier alpha value is -2.22. The van der Waals surface area contributed by atoms with Crippen molar-refractivity contribution < 1.29 is 26.2 Å². The molecule has 0 aromatic heterocycles. The van der Waals surface area contributed by atoms with Crippen molar-refractivity contribution in [1.29, 1.82) is 0 Å². The second-order valence-corrected chi connectivity index (χ2v) is 7.27. The minimum Gasteiger partial charge on any atom is -0.460 e. The molecular weight excluding hydrogens is 401 g/mol. The van der Waals surface area contributed by atoms with E-state index in [-0.39, 0.29) is 21.2 Å². The summed E-state index contributed by atoms with van der Waals surface area (Å²) in [4.78, 5) is 12.8. The standard InChI is InChI=1S/C17H13Cl2NO5S/c18-12-6-11(7-13(19)8-12)15-14(21)16(17(20)24-15)25-26(22,23)9-10-4-2-1-3-5-10/h1-8,15H,9,20H2/i9D2,15D. The van der Waals surface area contributed by atoms with Crippen LogP contribution in [0.15, 0.2) is 60.2 Å². The minimum atomic E-state index is -5.05. The average molecular weight is 417 g/mol. The highest BCUT2D eigenvalue weighted by atomic mass is 35.5. The van der Waals surface area contributed by atoms with E-state index in [2.05, 4.69) is 0 Å². The highest BCUT2D eigenvalue weighted by molar-refractivity contribution is 7.86. The Balaban J connectivity index is 1.96. The van der Waals surface area contributed by atoms with E-state index in [0.29, 0.717) is 0 Å². The fourth-order valence-electron chi connectivity index (χ4n) is 2.15. The molecule has 1 heterocycles. The first kappa shape index (κ1) is 14.9. The van der Waals surface area contributed by atoms with Gasteiger partial charge < -0.3 is 14.7 Å². The highest BCUT2D eigenvalue weighted by Gasteiger charge is 2.39. The molecule has 0 aliphatic carbocycles. The van der Waals surface area contributed by atoms with Gasteiger partial charge in [-0.2, -0.15) is 8.42 Å². The Kier molecular flexibility index (Phi) is 4.12. The molecule has 0 radical (unpaired) electrons. The number of nitrogens with two attached hydrogens (primary N) is 1. The number of rotatable bonds is 5. The monoisotopic (exact) mass is 416 g/mol. The molecule has 0 fully saturated rings. The normalized spacial score (nSPS) is 22.4. The summed E-state index contributed by atoms with van der Waals surface area (Å²) in [5.74, 6) is -3.04. The third-order valence-electron chi connectivity index (χ3n) is 3.18. The largest absolute Gasteiger partial charge is 0.460 e. The predicted octanol–water partition coefficient (Wildman–Crippen LogP) is 3.31.